The van der Waals surface area contributed by atoms with Gasteiger partial charge in [0.1, 0.15) is 47.7 Å². The molecule has 0 aliphatic heterocycles. The Labute approximate surface area is 523 Å². The summed E-state index contributed by atoms with van der Waals surface area (Å²) in [6.07, 6.45) is 0. The van der Waals surface area contributed by atoms with Crippen LogP contribution in [0.25, 0.3) is 0 Å². The molecule has 9 aromatic carbocycles. The van der Waals surface area contributed by atoms with Crippen molar-refractivity contribution in [2.45, 2.75) is 0 Å². The summed E-state index contributed by atoms with van der Waals surface area (Å²) in [5, 5.41) is 12.5. The Morgan fingerprint density at radius 1 is 0.179 bits per heavy atom. The zero-order valence-electron chi connectivity index (χ0n) is 40.9. The molecule has 10 aromatic rings. The van der Waals surface area contributed by atoms with Crippen molar-refractivity contribution in [3.05, 3.63) is 273 Å². The van der Waals surface area contributed by atoms with Gasteiger partial charge in [-0.2, -0.15) is 0 Å². The number of halogens is 12. The van der Waals surface area contributed by atoms with E-state index in [1.807, 2.05) is 0 Å². The molecule has 396 valence electrons. The molecule has 0 saturated heterocycles. The van der Waals surface area contributed by atoms with Gasteiger partial charge in [-0.1, -0.05) is 164 Å². The molecular weight excluding hydrogens is 1510 g/mol. The van der Waals surface area contributed by atoms with E-state index in [-0.39, 0.29) is 0 Å². The summed E-state index contributed by atoms with van der Waals surface area (Å²) in [6, 6.07) is 104. The molecule has 0 nitrogen and oxygen atoms in total. The van der Waals surface area contributed by atoms with Crippen LogP contribution in [0.15, 0.2) is 273 Å². The van der Waals surface area contributed by atoms with Gasteiger partial charge in [0.05, 0.1) is 0 Å². The first kappa shape index (κ1) is 65.7. The zero-order valence-corrected chi connectivity index (χ0v) is 62.6. The molecule has 0 atom stereocenters. The third-order valence-electron chi connectivity index (χ3n) is 11.8. The van der Waals surface area contributed by atoms with Gasteiger partial charge in [-0.3, -0.25) is 0 Å². The third kappa shape index (κ3) is 17.6. The van der Waals surface area contributed by atoms with E-state index >= 15 is 0 Å². The first-order valence-electron chi connectivity index (χ1n) is 23.8. The minimum Gasteiger partial charge on any atom is -0.0620 e. The number of benzene rings is 9. The zero-order chi connectivity index (χ0) is 55.9. The van der Waals surface area contributed by atoms with Gasteiger partial charge in [0.2, 0.25) is 0 Å². The summed E-state index contributed by atoms with van der Waals surface area (Å²) in [5.41, 5.74) is 0. The fourth-order valence-electron chi connectivity index (χ4n) is 9.04. The van der Waals surface area contributed by atoms with Gasteiger partial charge in [0, 0.05) is 24.6 Å². The van der Waals surface area contributed by atoms with E-state index in [2.05, 4.69) is 273 Å². The minimum absolute atomic E-state index is 1.30. The maximum absolute atomic E-state index is 5.03. The summed E-state index contributed by atoms with van der Waals surface area (Å²) in [6.45, 7) is 0. The average molecular weight is 1550 g/mol. The van der Waals surface area contributed by atoms with E-state index in [0.717, 1.165) is 0 Å². The molecule has 0 spiro atoms. The van der Waals surface area contributed by atoms with Crippen LogP contribution in [-0.2, 0) is 0 Å². The number of hydrogen-bond acceptors (Lipinski definition) is 0. The predicted octanol–water partition coefficient (Wildman–Crippen LogP) is 18.4. The van der Waals surface area contributed by atoms with Gasteiger partial charge in [0.25, 0.3) is 0 Å². The Kier molecular flexibility index (Phi) is 26.1. The monoisotopic (exact) mass is 1540 g/mol. The molecule has 0 amide bonds. The van der Waals surface area contributed by atoms with Crippen LogP contribution in [-0.4, -0.2) is 33.1 Å². The van der Waals surface area contributed by atoms with Gasteiger partial charge >= 0.3 is 149 Å². The molecule has 0 unspecified atom stereocenters. The van der Waals surface area contributed by atoms with Gasteiger partial charge in [-0.05, 0) is 109 Å². The first-order chi connectivity index (χ1) is 37.3. The van der Waals surface area contributed by atoms with Gasteiger partial charge in [0.15, 0.2) is 36.1 Å². The summed E-state index contributed by atoms with van der Waals surface area (Å²) in [7, 11) is 56.7. The van der Waals surface area contributed by atoms with Crippen LogP contribution in [0.3, 0.4) is 0 Å². The van der Waals surface area contributed by atoms with E-state index in [1.54, 1.807) is 14.3 Å². The summed E-state index contributed by atoms with van der Waals surface area (Å²) in [5.74, 6) is 0. The van der Waals surface area contributed by atoms with Crippen molar-refractivity contribution >= 4 is 257 Å². The summed E-state index contributed by atoms with van der Waals surface area (Å²) in [4.78, 5) is 0. The second-order valence-electron chi connectivity index (χ2n) is 16.8. The molecule has 0 N–H and O–H groups in total. The predicted molar refractivity (Wildman–Crippen MR) is 376 cm³/mol. The van der Waals surface area contributed by atoms with Crippen molar-refractivity contribution in [1.82, 2.24) is 0 Å². The van der Waals surface area contributed by atoms with Crippen molar-refractivity contribution in [2.75, 3.05) is 0 Å². The molecule has 0 fully saturated rings. The van der Waals surface area contributed by atoms with Crippen LogP contribution in [0.4, 0.5) is 0 Å². The van der Waals surface area contributed by atoms with E-state index in [1.165, 1.54) is 72.3 Å². The molecule has 0 aliphatic carbocycles. The normalized spacial score (nSPS) is 12.2. The van der Waals surface area contributed by atoms with Crippen LogP contribution in [0.2, 0.25) is 0 Å². The van der Waals surface area contributed by atoms with Crippen molar-refractivity contribution in [1.29, 1.82) is 0 Å². The second kappa shape index (κ2) is 31.0. The molecular formula is C57H45Cl12Ga3P6. The molecule has 1 heterocycles. The standard InChI is InChI=1S/C57H45P6.12ClH.3Ga/c1-10-28-46(29-11-1)61(47-30-12-2-13-31-47,48-32-14-3-15-33-48)55-58-56(62(49-34-16-4-17-35-49,50-36-18-5-19-37-50)51-38-20-6-21-39-51)60-57(59-55)63(52-40-22-7-23-41-52,53-42-24-8-25-43-53)54-44-26-9-27-45-54;;;;;;;;;;;;;;;/h1-45H;12*1H;;;/q+3;;;;;;;;;;;;;3*+3/p-12. The Bertz CT molecular complexity index is 2700. The Balaban J connectivity index is 0.000000521. The number of rotatable bonds is 12. The topological polar surface area (TPSA) is 0 Å². The largest absolute Gasteiger partial charge is 0.169 e. The summed E-state index contributed by atoms with van der Waals surface area (Å²) >= 11 is -9.71. The van der Waals surface area contributed by atoms with E-state index in [4.69, 9.17) is 116 Å². The molecule has 0 radical (unpaired) electrons. The minimum atomic E-state index is -3.24. The van der Waals surface area contributed by atoms with Crippen molar-refractivity contribution < 1.29 is 0 Å². The summed E-state index contributed by atoms with van der Waals surface area (Å²) < 4.78 is 4.69. The smallest absolute Gasteiger partial charge is 0.0620 e. The molecule has 0 aliphatic rings. The van der Waals surface area contributed by atoms with Crippen LogP contribution in [0, 0.1) is 0 Å². The number of hydrogen-bond donors (Lipinski definition) is 0. The second-order valence-corrected chi connectivity index (χ2v) is 101. The van der Waals surface area contributed by atoms with E-state index in [0.29, 0.717) is 0 Å². The Morgan fingerprint density at radius 2 is 0.269 bits per heavy atom. The van der Waals surface area contributed by atoms with Crippen molar-refractivity contribution in [3.8, 4) is 0 Å². The first-order valence-corrected chi connectivity index (χ1v) is 70.1. The van der Waals surface area contributed by atoms with Gasteiger partial charge < -0.3 is 0 Å². The molecule has 21 heteroatoms. The van der Waals surface area contributed by atoms with Crippen molar-refractivity contribution in [2.24, 2.45) is 0 Å². The molecule has 1 aromatic heterocycles. The molecule has 0 saturated carbocycles. The van der Waals surface area contributed by atoms with Crippen molar-refractivity contribution in [3.63, 3.8) is 0 Å². The molecule has 0 bridgehead atoms. The fraction of sp³-hybridized carbons (Fsp3) is 0. The molecule has 78 heavy (non-hydrogen) atoms. The quantitative estimate of drug-likeness (QED) is 0.0845. The maximum atomic E-state index is 5.03. The van der Waals surface area contributed by atoms with Gasteiger partial charge in [-0.25, -0.2) is 0 Å². The van der Waals surface area contributed by atoms with Crippen LogP contribution < -0.4 is 62.0 Å². The fourth-order valence-corrected chi connectivity index (χ4v) is 36.8. The average Bonchev–Trinajstić information content (AvgIpc) is 3.48. The van der Waals surface area contributed by atoms with Crippen LogP contribution >= 0.6 is 162 Å². The van der Waals surface area contributed by atoms with Crippen LogP contribution in [0.1, 0.15) is 0 Å². The van der Waals surface area contributed by atoms with E-state index < -0.39 is 54.9 Å². The van der Waals surface area contributed by atoms with Crippen LogP contribution in [0.5, 0.6) is 0 Å². The van der Waals surface area contributed by atoms with E-state index in [9.17, 15) is 0 Å². The molecule has 10 rings (SSSR count). The SMILES string of the molecule is [Cl][Ga-]([Cl])([Cl])[Cl].[Cl][Ga-]([Cl])([Cl])[Cl].[Cl][Ga-]([Cl])([Cl])[Cl].c1ccc([P+](c2ccccc2)(c2ccccc2)c2pc([P+](c3ccccc3)(c3ccccc3)c3ccccc3)pc([P+](c3ccccc3)(c3ccccc3)c3ccccc3)p2)cc1. The maximum Gasteiger partial charge on any atom is 0.169 e. The Hall–Kier alpha value is 0.169. The third-order valence-corrected chi connectivity index (χ3v) is 33.4. The van der Waals surface area contributed by atoms with Gasteiger partial charge in [-0.15, -0.1) is 0 Å². The Morgan fingerprint density at radius 3 is 0.359 bits per heavy atom.